The standard InChI is InChI=1S/C19H15ClN2O2/c1-24-14-6-7-17-13(11-14)10-12-8-9-22(18(12)21-17)19(23)15-4-2-3-5-16(15)20/h2-7,10-11H,8-9H2,1H3. The largest absolute Gasteiger partial charge is 0.497 e. The van der Waals surface area contributed by atoms with Crippen LogP contribution in [0.25, 0.3) is 10.9 Å². The van der Waals surface area contributed by atoms with Crippen molar-refractivity contribution in [3.8, 4) is 5.75 Å². The van der Waals surface area contributed by atoms with Crippen LogP contribution in [-0.4, -0.2) is 24.5 Å². The number of aromatic nitrogens is 1. The second-order valence-electron chi connectivity index (χ2n) is 5.72. The van der Waals surface area contributed by atoms with E-state index in [2.05, 4.69) is 6.07 Å². The van der Waals surface area contributed by atoms with Crippen molar-refractivity contribution >= 4 is 34.2 Å². The molecule has 24 heavy (non-hydrogen) atoms. The average molecular weight is 339 g/mol. The fourth-order valence-electron chi connectivity index (χ4n) is 3.05. The zero-order chi connectivity index (χ0) is 16.7. The van der Waals surface area contributed by atoms with Crippen molar-refractivity contribution in [2.24, 2.45) is 0 Å². The number of halogens is 1. The highest BCUT2D eigenvalue weighted by molar-refractivity contribution is 6.34. The first-order valence-electron chi connectivity index (χ1n) is 7.71. The van der Waals surface area contributed by atoms with Crippen LogP contribution in [0.1, 0.15) is 15.9 Å². The van der Waals surface area contributed by atoms with Crippen molar-refractivity contribution in [3.63, 3.8) is 0 Å². The lowest BCUT2D eigenvalue weighted by atomic mass is 10.1. The fraction of sp³-hybridized carbons (Fsp3) is 0.158. The molecule has 1 aliphatic rings. The Morgan fingerprint density at radius 3 is 2.83 bits per heavy atom. The van der Waals surface area contributed by atoms with Gasteiger partial charge in [0.15, 0.2) is 0 Å². The first kappa shape index (κ1) is 15.0. The number of benzene rings is 2. The SMILES string of the molecule is COc1ccc2nc3c(cc2c1)CCN3C(=O)c1ccccc1Cl. The normalized spacial score (nSPS) is 13.2. The van der Waals surface area contributed by atoms with Gasteiger partial charge in [0.2, 0.25) is 0 Å². The molecule has 0 radical (unpaired) electrons. The Bertz CT molecular complexity index is 955. The molecule has 4 rings (SSSR count). The van der Waals surface area contributed by atoms with Crippen molar-refractivity contribution in [3.05, 3.63) is 64.7 Å². The van der Waals surface area contributed by atoms with E-state index in [4.69, 9.17) is 21.3 Å². The van der Waals surface area contributed by atoms with Gasteiger partial charge in [0.25, 0.3) is 5.91 Å². The Morgan fingerprint density at radius 2 is 2.04 bits per heavy atom. The number of rotatable bonds is 2. The lowest BCUT2D eigenvalue weighted by molar-refractivity contribution is 0.0989. The molecule has 0 N–H and O–H groups in total. The summed E-state index contributed by atoms with van der Waals surface area (Å²) in [7, 11) is 1.64. The van der Waals surface area contributed by atoms with Gasteiger partial charge >= 0.3 is 0 Å². The minimum Gasteiger partial charge on any atom is -0.497 e. The third-order valence-corrected chi connectivity index (χ3v) is 4.62. The number of amides is 1. The third kappa shape index (κ3) is 2.39. The van der Waals surface area contributed by atoms with Crippen LogP contribution in [-0.2, 0) is 6.42 Å². The van der Waals surface area contributed by atoms with E-state index in [-0.39, 0.29) is 5.91 Å². The van der Waals surface area contributed by atoms with E-state index in [0.29, 0.717) is 17.1 Å². The first-order valence-corrected chi connectivity index (χ1v) is 8.09. The Morgan fingerprint density at radius 1 is 1.21 bits per heavy atom. The molecule has 1 aromatic heterocycles. The van der Waals surface area contributed by atoms with Gasteiger partial charge in [-0.25, -0.2) is 4.98 Å². The van der Waals surface area contributed by atoms with Gasteiger partial charge in [0.1, 0.15) is 11.6 Å². The number of pyridine rings is 1. The Balaban J connectivity index is 1.77. The Kier molecular flexibility index (Phi) is 3.62. The number of carbonyl (C=O) groups is 1. The summed E-state index contributed by atoms with van der Waals surface area (Å²) >= 11 is 6.17. The Hall–Kier alpha value is -2.59. The summed E-state index contributed by atoms with van der Waals surface area (Å²) in [4.78, 5) is 19.3. The van der Waals surface area contributed by atoms with Crippen molar-refractivity contribution in [2.45, 2.75) is 6.42 Å². The molecule has 3 aromatic rings. The number of anilines is 1. The van der Waals surface area contributed by atoms with E-state index < -0.39 is 0 Å². The predicted molar refractivity (Wildman–Crippen MR) is 95.1 cm³/mol. The van der Waals surface area contributed by atoms with Gasteiger partial charge < -0.3 is 4.74 Å². The molecule has 2 heterocycles. The average Bonchev–Trinajstić information content (AvgIpc) is 3.01. The molecule has 0 atom stereocenters. The van der Waals surface area contributed by atoms with Crippen LogP contribution in [0.2, 0.25) is 5.02 Å². The fourth-order valence-corrected chi connectivity index (χ4v) is 3.27. The number of nitrogens with zero attached hydrogens (tertiary/aromatic N) is 2. The van der Waals surface area contributed by atoms with Gasteiger partial charge in [-0.2, -0.15) is 0 Å². The first-order chi connectivity index (χ1) is 11.7. The zero-order valence-electron chi connectivity index (χ0n) is 13.1. The van der Waals surface area contributed by atoms with Crippen molar-refractivity contribution in [1.29, 1.82) is 0 Å². The number of hydrogen-bond acceptors (Lipinski definition) is 3. The number of methoxy groups -OCH3 is 1. The van der Waals surface area contributed by atoms with E-state index >= 15 is 0 Å². The lowest BCUT2D eigenvalue weighted by Gasteiger charge is -2.17. The number of carbonyl (C=O) groups excluding carboxylic acids is 1. The van der Waals surface area contributed by atoms with E-state index in [1.807, 2.05) is 30.3 Å². The lowest BCUT2D eigenvalue weighted by Crippen LogP contribution is -2.29. The molecule has 0 saturated heterocycles. The molecule has 2 aromatic carbocycles. The quantitative estimate of drug-likeness (QED) is 0.706. The van der Waals surface area contributed by atoms with Gasteiger partial charge in [0, 0.05) is 11.9 Å². The third-order valence-electron chi connectivity index (χ3n) is 4.29. The van der Waals surface area contributed by atoms with Crippen molar-refractivity contribution in [2.75, 3.05) is 18.6 Å². The van der Waals surface area contributed by atoms with Gasteiger partial charge in [-0.3, -0.25) is 9.69 Å². The monoisotopic (exact) mass is 338 g/mol. The summed E-state index contributed by atoms with van der Waals surface area (Å²) in [5.74, 6) is 1.41. The summed E-state index contributed by atoms with van der Waals surface area (Å²) < 4.78 is 5.27. The molecule has 0 fully saturated rings. The molecular weight excluding hydrogens is 324 g/mol. The van der Waals surface area contributed by atoms with Gasteiger partial charge in [-0.15, -0.1) is 0 Å². The topological polar surface area (TPSA) is 42.4 Å². The van der Waals surface area contributed by atoms with Gasteiger partial charge in [-0.05, 0) is 48.4 Å². The highest BCUT2D eigenvalue weighted by atomic mass is 35.5. The second-order valence-corrected chi connectivity index (χ2v) is 6.12. The van der Waals surface area contributed by atoms with E-state index in [1.165, 1.54) is 0 Å². The number of hydrogen-bond donors (Lipinski definition) is 0. The van der Waals surface area contributed by atoms with Crippen LogP contribution >= 0.6 is 11.6 Å². The smallest absolute Gasteiger partial charge is 0.260 e. The number of fused-ring (bicyclic) bond motifs is 2. The molecule has 0 saturated carbocycles. The molecule has 0 spiro atoms. The van der Waals surface area contributed by atoms with Crippen LogP contribution < -0.4 is 9.64 Å². The molecule has 0 unspecified atom stereocenters. The molecule has 0 bridgehead atoms. The van der Waals surface area contributed by atoms with E-state index in [0.717, 1.165) is 34.5 Å². The maximum atomic E-state index is 12.8. The van der Waals surface area contributed by atoms with Crippen LogP contribution in [0.15, 0.2) is 48.5 Å². The molecule has 4 nitrogen and oxygen atoms in total. The van der Waals surface area contributed by atoms with E-state index in [1.54, 1.807) is 24.1 Å². The van der Waals surface area contributed by atoms with Crippen LogP contribution in [0.4, 0.5) is 5.82 Å². The van der Waals surface area contributed by atoms with Crippen LogP contribution in [0, 0.1) is 0 Å². The highest BCUT2D eigenvalue weighted by Gasteiger charge is 2.28. The van der Waals surface area contributed by atoms with E-state index in [9.17, 15) is 4.79 Å². The maximum Gasteiger partial charge on any atom is 0.260 e. The number of ether oxygens (including phenoxy) is 1. The summed E-state index contributed by atoms with van der Waals surface area (Å²) in [6.07, 6.45) is 0.783. The van der Waals surface area contributed by atoms with Crippen LogP contribution in [0.3, 0.4) is 0 Å². The molecule has 0 aliphatic carbocycles. The van der Waals surface area contributed by atoms with Gasteiger partial charge in [0.05, 0.1) is 23.2 Å². The minimum absolute atomic E-state index is 0.111. The molecule has 1 amide bonds. The van der Waals surface area contributed by atoms with Crippen LogP contribution in [0.5, 0.6) is 5.75 Å². The summed E-state index contributed by atoms with van der Waals surface area (Å²) in [6.45, 7) is 0.611. The molecule has 120 valence electrons. The van der Waals surface area contributed by atoms with Crippen molar-refractivity contribution < 1.29 is 9.53 Å². The van der Waals surface area contributed by atoms with Gasteiger partial charge in [-0.1, -0.05) is 23.7 Å². The molecular formula is C19H15ClN2O2. The summed E-state index contributed by atoms with van der Waals surface area (Å²) in [5.41, 5.74) is 2.41. The predicted octanol–water partition coefficient (Wildman–Crippen LogP) is 4.10. The molecule has 1 aliphatic heterocycles. The minimum atomic E-state index is -0.111. The summed E-state index contributed by atoms with van der Waals surface area (Å²) in [5, 5.41) is 1.47. The highest BCUT2D eigenvalue weighted by Crippen LogP contribution is 2.32. The zero-order valence-corrected chi connectivity index (χ0v) is 13.9. The van der Waals surface area contributed by atoms with Crippen molar-refractivity contribution in [1.82, 2.24) is 4.98 Å². The molecule has 5 heteroatoms. The maximum absolute atomic E-state index is 12.8. The Labute approximate surface area is 144 Å². The summed E-state index contributed by atoms with van der Waals surface area (Å²) in [6, 6.07) is 14.9. The second kappa shape index (κ2) is 5.80.